The highest BCUT2D eigenvalue weighted by molar-refractivity contribution is 5.97. The van der Waals surface area contributed by atoms with Crippen molar-refractivity contribution >= 4 is 35.4 Å². The Labute approximate surface area is 246 Å². The van der Waals surface area contributed by atoms with Crippen LogP contribution in [0.2, 0.25) is 0 Å². The zero-order valence-corrected chi connectivity index (χ0v) is 24.5. The van der Waals surface area contributed by atoms with Gasteiger partial charge in [0.05, 0.1) is 25.3 Å². The number of nitrogens with one attached hydrogen (secondary N) is 3. The van der Waals surface area contributed by atoms with E-state index in [2.05, 4.69) is 32.2 Å². The third kappa shape index (κ3) is 4.51. The minimum Gasteiger partial charge on any atom is -0.377 e. The summed E-state index contributed by atoms with van der Waals surface area (Å²) >= 11 is 0. The summed E-state index contributed by atoms with van der Waals surface area (Å²) in [5.74, 6) is 2.01. The molecule has 1 aromatic carbocycles. The highest BCUT2D eigenvalue weighted by Crippen LogP contribution is 2.49. The average molecular weight is 570 g/mol. The summed E-state index contributed by atoms with van der Waals surface area (Å²) in [6.45, 7) is 4.14. The van der Waals surface area contributed by atoms with Crippen molar-refractivity contribution in [2.45, 2.75) is 62.8 Å². The van der Waals surface area contributed by atoms with Gasteiger partial charge in [-0.3, -0.25) is 14.9 Å². The molecule has 0 radical (unpaired) electrons. The second-order valence-electron chi connectivity index (χ2n) is 12.1. The van der Waals surface area contributed by atoms with Crippen LogP contribution in [0.15, 0.2) is 42.6 Å². The Hall–Kier alpha value is -3.96. The minimum atomic E-state index is 0.0237. The number of nitrogens with zero attached hydrogens (tertiary/aromatic N) is 6. The van der Waals surface area contributed by atoms with Crippen LogP contribution in [0.3, 0.4) is 0 Å². The molecule has 5 atom stereocenters. The Morgan fingerprint density at radius 2 is 1.95 bits per heavy atom. The topological polar surface area (TPSA) is 117 Å². The van der Waals surface area contributed by atoms with Crippen molar-refractivity contribution in [2.24, 2.45) is 0 Å². The van der Waals surface area contributed by atoms with E-state index in [9.17, 15) is 4.79 Å². The van der Waals surface area contributed by atoms with Gasteiger partial charge in [0.15, 0.2) is 5.82 Å². The summed E-state index contributed by atoms with van der Waals surface area (Å²) in [5.41, 5.74) is 3.33. The van der Waals surface area contributed by atoms with Crippen LogP contribution in [0.25, 0.3) is 11.1 Å². The lowest BCUT2D eigenvalue weighted by atomic mass is 9.89. The summed E-state index contributed by atoms with van der Waals surface area (Å²) < 4.78 is 5.67. The Balaban J connectivity index is 1.16. The highest BCUT2D eigenvalue weighted by Gasteiger charge is 2.57. The molecule has 4 aliphatic heterocycles. The van der Waals surface area contributed by atoms with Crippen molar-refractivity contribution in [3.05, 3.63) is 48.2 Å². The molecular weight excluding hydrogens is 530 g/mol. The van der Waals surface area contributed by atoms with E-state index in [-0.39, 0.29) is 18.1 Å². The summed E-state index contributed by atoms with van der Waals surface area (Å²) in [6.07, 6.45) is 7.98. The molecule has 0 spiro atoms. The maximum atomic E-state index is 13.6. The number of anilines is 4. The fourth-order valence-electron chi connectivity index (χ4n) is 7.51. The first kappa shape index (κ1) is 26.9. The fourth-order valence-corrected chi connectivity index (χ4v) is 7.51. The van der Waals surface area contributed by atoms with Crippen LogP contribution >= 0.6 is 0 Å². The Kier molecular flexibility index (Phi) is 6.86. The first-order valence-electron chi connectivity index (χ1n) is 15.0. The number of pyridine rings is 1. The SMILES string of the molecule is C[C@@H]1COCCN1c1cc(-c2ccc(N(C)C(=O)N(C)C3CC4CCC5CC3N45)cc2)c(C=N)c(Nc2cc[nH]n2)n1. The number of carbonyl (C=O) groups is 1. The summed E-state index contributed by atoms with van der Waals surface area (Å²) in [4.78, 5) is 27.1. The zero-order valence-electron chi connectivity index (χ0n) is 24.5. The predicted molar refractivity (Wildman–Crippen MR) is 164 cm³/mol. The van der Waals surface area contributed by atoms with Gasteiger partial charge >= 0.3 is 6.03 Å². The number of aromatic amines is 1. The molecule has 42 heavy (non-hydrogen) atoms. The molecule has 6 heterocycles. The number of morpholine rings is 1. The Morgan fingerprint density at radius 3 is 2.64 bits per heavy atom. The van der Waals surface area contributed by atoms with Gasteiger partial charge in [-0.2, -0.15) is 5.10 Å². The van der Waals surface area contributed by atoms with E-state index in [1.807, 2.05) is 55.4 Å². The van der Waals surface area contributed by atoms with E-state index < -0.39 is 0 Å². The Bertz CT molecular complexity index is 1460. The van der Waals surface area contributed by atoms with Crippen LogP contribution in [-0.2, 0) is 4.74 Å². The molecule has 7 rings (SSSR count). The summed E-state index contributed by atoms with van der Waals surface area (Å²) in [6, 6.07) is 14.3. The maximum absolute atomic E-state index is 13.6. The van der Waals surface area contributed by atoms with E-state index in [4.69, 9.17) is 15.1 Å². The molecule has 4 unspecified atom stereocenters. The summed E-state index contributed by atoms with van der Waals surface area (Å²) in [5, 5.41) is 18.6. The monoisotopic (exact) mass is 569 g/mol. The van der Waals surface area contributed by atoms with Crippen LogP contribution in [0.1, 0.15) is 38.2 Å². The van der Waals surface area contributed by atoms with Gasteiger partial charge in [-0.25, -0.2) is 9.78 Å². The fraction of sp³-hybridized carbons (Fsp3) is 0.484. The predicted octanol–water partition coefficient (Wildman–Crippen LogP) is 4.30. The molecular formula is C31H39N9O2. The number of likely N-dealkylation sites (N-methyl/N-ethyl adjacent to an activating group) is 1. The van der Waals surface area contributed by atoms with E-state index in [1.165, 1.54) is 25.5 Å². The second kappa shape index (κ2) is 10.7. The highest BCUT2D eigenvalue weighted by atomic mass is 16.5. The van der Waals surface area contributed by atoms with Gasteiger partial charge in [0.25, 0.3) is 0 Å². The van der Waals surface area contributed by atoms with E-state index in [0.29, 0.717) is 42.5 Å². The number of H-pyrrole nitrogens is 1. The number of aromatic nitrogens is 3. The van der Waals surface area contributed by atoms with Crippen molar-refractivity contribution in [1.29, 1.82) is 5.41 Å². The first-order valence-corrected chi connectivity index (χ1v) is 15.0. The van der Waals surface area contributed by atoms with Crippen LogP contribution in [0.5, 0.6) is 0 Å². The normalized spacial score (nSPS) is 26.5. The average Bonchev–Trinajstić information content (AvgIpc) is 3.68. The molecule has 4 saturated heterocycles. The molecule has 2 aromatic heterocycles. The van der Waals surface area contributed by atoms with Crippen LogP contribution in [-0.4, -0.2) is 101 Å². The van der Waals surface area contributed by atoms with Crippen molar-refractivity contribution in [3.63, 3.8) is 0 Å². The standard InChI is InChI=1S/C31H39N9O2/c1-19-18-42-13-12-39(19)29-16-24(25(17-32)30(35-29)34-28-10-11-33-36-28)20-4-6-21(7-5-20)37(2)31(41)38(3)26-14-22-8-9-23-15-27(26)40(22)23/h4-7,10-11,16-17,19,22-23,26-27,32H,8-9,12-15,18H2,1-3H3,(H2,33,34,35,36)/t19-,22?,23?,26?,27?/m1/s1. The van der Waals surface area contributed by atoms with E-state index >= 15 is 0 Å². The molecule has 3 N–H and O–H groups in total. The van der Waals surface area contributed by atoms with E-state index in [0.717, 1.165) is 41.6 Å². The molecule has 3 aromatic rings. The number of hydrogen-bond acceptors (Lipinski definition) is 8. The van der Waals surface area contributed by atoms with Crippen molar-refractivity contribution in [2.75, 3.05) is 49.0 Å². The van der Waals surface area contributed by atoms with Gasteiger partial charge in [0.2, 0.25) is 0 Å². The zero-order chi connectivity index (χ0) is 29.0. The molecule has 2 amide bonds. The van der Waals surface area contributed by atoms with Crippen molar-refractivity contribution < 1.29 is 9.53 Å². The Morgan fingerprint density at radius 1 is 1.17 bits per heavy atom. The van der Waals surface area contributed by atoms with Crippen molar-refractivity contribution in [1.82, 2.24) is 25.0 Å². The minimum absolute atomic E-state index is 0.0237. The molecule has 0 bridgehead atoms. The van der Waals surface area contributed by atoms with Crippen LogP contribution in [0.4, 0.5) is 27.9 Å². The van der Waals surface area contributed by atoms with Gasteiger partial charge in [0.1, 0.15) is 11.6 Å². The van der Waals surface area contributed by atoms with Gasteiger partial charge < -0.3 is 25.3 Å². The van der Waals surface area contributed by atoms with Gasteiger partial charge in [-0.05, 0) is 61.9 Å². The van der Waals surface area contributed by atoms with Gasteiger partial charge in [0, 0.05) is 68.5 Å². The summed E-state index contributed by atoms with van der Waals surface area (Å²) in [7, 11) is 3.81. The molecule has 11 nitrogen and oxygen atoms in total. The maximum Gasteiger partial charge on any atom is 0.324 e. The van der Waals surface area contributed by atoms with Crippen LogP contribution < -0.4 is 15.1 Å². The molecule has 4 aliphatic rings. The molecule has 220 valence electrons. The second-order valence-corrected chi connectivity index (χ2v) is 12.1. The van der Waals surface area contributed by atoms with Gasteiger partial charge in [-0.15, -0.1) is 0 Å². The van der Waals surface area contributed by atoms with Crippen LogP contribution in [0, 0.1) is 5.41 Å². The molecule has 0 aliphatic carbocycles. The third-order valence-electron chi connectivity index (χ3n) is 9.78. The number of rotatable bonds is 7. The molecule has 0 saturated carbocycles. The smallest absolute Gasteiger partial charge is 0.324 e. The largest absolute Gasteiger partial charge is 0.377 e. The molecule has 11 heteroatoms. The lowest BCUT2D eigenvalue weighted by Gasteiger charge is -2.46. The van der Waals surface area contributed by atoms with Crippen molar-refractivity contribution in [3.8, 4) is 11.1 Å². The number of ether oxygens (including phenoxy) is 1. The van der Waals surface area contributed by atoms with E-state index in [1.54, 1.807) is 11.1 Å². The third-order valence-corrected chi connectivity index (χ3v) is 9.78. The molecule has 4 fully saturated rings. The number of hydrogen-bond donors (Lipinski definition) is 3. The number of amides is 2. The number of carbonyl (C=O) groups excluding carboxylic acids is 1. The number of urea groups is 1. The lowest BCUT2D eigenvalue weighted by molar-refractivity contribution is 0.0367. The lowest BCUT2D eigenvalue weighted by Crippen LogP contribution is -2.58. The first-order chi connectivity index (χ1) is 20.4. The van der Waals surface area contributed by atoms with Gasteiger partial charge in [-0.1, -0.05) is 12.1 Å². The number of benzene rings is 1. The quantitative estimate of drug-likeness (QED) is 0.363.